The van der Waals surface area contributed by atoms with Crippen LogP contribution in [0.15, 0.2) is 53.4 Å². The molecule has 2 aromatic rings. The number of hydrogen-bond donors (Lipinski definition) is 1. The summed E-state index contributed by atoms with van der Waals surface area (Å²) in [4.78, 5) is 0.744. The highest BCUT2D eigenvalue weighted by Crippen LogP contribution is 2.16. The van der Waals surface area contributed by atoms with Crippen LogP contribution in [0.2, 0.25) is 0 Å². The number of hydrogen-bond acceptors (Lipinski definition) is 4. The summed E-state index contributed by atoms with van der Waals surface area (Å²) in [5.74, 6) is 1.89. The quantitative estimate of drug-likeness (QED) is 0.853. The van der Waals surface area contributed by atoms with E-state index < -0.39 is 10.8 Å². The Morgan fingerprint density at radius 3 is 2.62 bits per heavy atom. The molecule has 2 rings (SSSR count). The lowest BCUT2D eigenvalue weighted by atomic mass is 10.2. The lowest BCUT2D eigenvalue weighted by Gasteiger charge is -2.08. The minimum absolute atomic E-state index is 0.387. The predicted octanol–water partition coefficient (Wildman–Crippen LogP) is 2.34. The first kappa shape index (κ1) is 15.5. The van der Waals surface area contributed by atoms with E-state index in [1.807, 2.05) is 42.5 Å². The van der Waals surface area contributed by atoms with Crippen molar-refractivity contribution in [3.05, 3.63) is 54.1 Å². The molecule has 21 heavy (non-hydrogen) atoms. The van der Waals surface area contributed by atoms with Crippen LogP contribution in [-0.4, -0.2) is 23.7 Å². The first-order valence-electron chi connectivity index (χ1n) is 6.67. The molecule has 0 saturated carbocycles. The molecule has 0 heterocycles. The van der Waals surface area contributed by atoms with Crippen LogP contribution in [0.5, 0.6) is 11.5 Å². The Labute approximate surface area is 127 Å². The number of rotatable bonds is 7. The Morgan fingerprint density at radius 1 is 1.10 bits per heavy atom. The summed E-state index contributed by atoms with van der Waals surface area (Å²) in [5, 5.41) is 0. The molecule has 0 amide bonds. The van der Waals surface area contributed by atoms with Crippen LogP contribution >= 0.6 is 0 Å². The van der Waals surface area contributed by atoms with Gasteiger partial charge in [-0.05, 0) is 35.9 Å². The van der Waals surface area contributed by atoms with E-state index in [4.69, 9.17) is 15.2 Å². The lowest BCUT2D eigenvalue weighted by Crippen LogP contribution is -2.09. The van der Waals surface area contributed by atoms with E-state index in [2.05, 4.69) is 0 Å². The summed E-state index contributed by atoms with van der Waals surface area (Å²) in [7, 11) is 0.487. The van der Waals surface area contributed by atoms with Gasteiger partial charge in [0, 0.05) is 11.4 Å². The van der Waals surface area contributed by atoms with Crippen molar-refractivity contribution in [1.82, 2.24) is 0 Å². The lowest BCUT2D eigenvalue weighted by molar-refractivity contribution is 0.342. The van der Waals surface area contributed by atoms with Gasteiger partial charge in [0.1, 0.15) is 18.1 Å². The smallest absolute Gasteiger partial charge is 0.120 e. The van der Waals surface area contributed by atoms with Gasteiger partial charge >= 0.3 is 0 Å². The molecule has 0 aliphatic rings. The van der Waals surface area contributed by atoms with Gasteiger partial charge in [0.25, 0.3) is 0 Å². The second-order valence-electron chi connectivity index (χ2n) is 4.43. The fraction of sp³-hybridized carbons (Fsp3) is 0.250. The molecule has 0 bridgehead atoms. The molecular weight excluding hydrogens is 286 g/mol. The molecule has 5 heteroatoms. The number of nitrogens with two attached hydrogens (primary N) is 1. The summed E-state index contributed by atoms with van der Waals surface area (Å²) in [6, 6.07) is 14.9. The molecule has 0 aromatic heterocycles. The third-order valence-corrected chi connectivity index (χ3v) is 4.29. The summed E-state index contributed by atoms with van der Waals surface area (Å²) in [6.45, 7) is 0.866. The molecule has 2 aromatic carbocycles. The number of methoxy groups -OCH3 is 1. The highest BCUT2D eigenvalue weighted by Gasteiger charge is 2.05. The fourth-order valence-corrected chi connectivity index (χ4v) is 2.81. The molecule has 1 unspecified atom stereocenters. The molecule has 0 radical (unpaired) electrons. The van der Waals surface area contributed by atoms with Gasteiger partial charge in [-0.15, -0.1) is 0 Å². The molecule has 0 spiro atoms. The van der Waals surface area contributed by atoms with Crippen molar-refractivity contribution in [2.45, 2.75) is 11.4 Å². The van der Waals surface area contributed by atoms with E-state index in [9.17, 15) is 4.21 Å². The maximum absolute atomic E-state index is 12.2. The third-order valence-electron chi connectivity index (χ3n) is 2.98. The summed E-state index contributed by atoms with van der Waals surface area (Å²) in [5.41, 5.74) is 6.60. The van der Waals surface area contributed by atoms with Crippen LogP contribution in [0.4, 0.5) is 0 Å². The Bertz CT molecular complexity index is 616. The van der Waals surface area contributed by atoms with Crippen molar-refractivity contribution in [3.8, 4) is 11.5 Å². The van der Waals surface area contributed by atoms with Crippen molar-refractivity contribution in [2.75, 3.05) is 19.5 Å². The summed E-state index contributed by atoms with van der Waals surface area (Å²) >= 11 is 0. The topological polar surface area (TPSA) is 61.5 Å². The minimum atomic E-state index is -1.11. The van der Waals surface area contributed by atoms with Crippen LogP contribution in [0.3, 0.4) is 0 Å². The highest BCUT2D eigenvalue weighted by molar-refractivity contribution is 7.85. The Balaban J connectivity index is 1.88. The van der Waals surface area contributed by atoms with Crippen molar-refractivity contribution >= 4 is 10.8 Å². The molecule has 0 aliphatic heterocycles. The second-order valence-corrected chi connectivity index (χ2v) is 6.00. The minimum Gasteiger partial charge on any atom is -0.497 e. The van der Waals surface area contributed by atoms with E-state index in [1.54, 1.807) is 13.2 Å². The van der Waals surface area contributed by atoms with E-state index >= 15 is 0 Å². The first-order valence-corrected chi connectivity index (χ1v) is 7.99. The zero-order valence-corrected chi connectivity index (χ0v) is 12.8. The third kappa shape index (κ3) is 4.58. The average Bonchev–Trinajstić information content (AvgIpc) is 2.55. The van der Waals surface area contributed by atoms with E-state index in [0.29, 0.717) is 24.7 Å². The average molecular weight is 305 g/mol. The van der Waals surface area contributed by atoms with E-state index in [-0.39, 0.29) is 0 Å². The van der Waals surface area contributed by atoms with Gasteiger partial charge in [-0.25, -0.2) is 0 Å². The zero-order valence-electron chi connectivity index (χ0n) is 12.0. The van der Waals surface area contributed by atoms with Crippen molar-refractivity contribution < 1.29 is 13.7 Å². The zero-order chi connectivity index (χ0) is 15.1. The molecule has 2 N–H and O–H groups in total. The van der Waals surface area contributed by atoms with E-state index in [0.717, 1.165) is 16.2 Å². The SMILES string of the molecule is COc1cccc(S(=O)CCOc2cccc(CN)c2)c1. The van der Waals surface area contributed by atoms with Gasteiger partial charge in [-0.2, -0.15) is 0 Å². The van der Waals surface area contributed by atoms with E-state index in [1.165, 1.54) is 0 Å². The van der Waals surface area contributed by atoms with Gasteiger partial charge in [0.2, 0.25) is 0 Å². The molecule has 4 nitrogen and oxygen atoms in total. The van der Waals surface area contributed by atoms with Gasteiger partial charge in [-0.3, -0.25) is 4.21 Å². The number of ether oxygens (including phenoxy) is 2. The number of benzene rings is 2. The molecule has 0 aliphatic carbocycles. The second kappa shape index (κ2) is 7.81. The first-order chi connectivity index (χ1) is 10.2. The van der Waals surface area contributed by atoms with Crippen molar-refractivity contribution in [1.29, 1.82) is 0 Å². The Kier molecular flexibility index (Phi) is 5.78. The molecular formula is C16H19NO3S. The molecule has 0 saturated heterocycles. The molecule has 1 atom stereocenters. The van der Waals surface area contributed by atoms with Crippen LogP contribution < -0.4 is 15.2 Å². The van der Waals surface area contributed by atoms with Crippen LogP contribution in [0, 0.1) is 0 Å². The maximum Gasteiger partial charge on any atom is 0.120 e. The van der Waals surface area contributed by atoms with Crippen LogP contribution in [-0.2, 0) is 17.3 Å². The van der Waals surface area contributed by atoms with Crippen molar-refractivity contribution in [3.63, 3.8) is 0 Å². The van der Waals surface area contributed by atoms with Crippen molar-refractivity contribution in [2.24, 2.45) is 5.73 Å². The molecule has 112 valence electrons. The highest BCUT2D eigenvalue weighted by atomic mass is 32.2. The standard InChI is InChI=1S/C16H19NO3S/c1-19-14-5-3-7-16(11-14)21(18)9-8-20-15-6-2-4-13(10-15)12-17/h2-7,10-11H,8-9,12,17H2,1H3. The fourth-order valence-electron chi connectivity index (χ4n) is 1.86. The Morgan fingerprint density at radius 2 is 1.86 bits per heavy atom. The normalized spacial score (nSPS) is 11.9. The largest absolute Gasteiger partial charge is 0.497 e. The molecule has 0 fully saturated rings. The van der Waals surface area contributed by atoms with Crippen LogP contribution in [0.1, 0.15) is 5.56 Å². The predicted molar refractivity (Wildman–Crippen MR) is 84.1 cm³/mol. The monoisotopic (exact) mass is 305 g/mol. The van der Waals surface area contributed by atoms with Gasteiger partial charge in [0.15, 0.2) is 0 Å². The maximum atomic E-state index is 12.2. The Hall–Kier alpha value is -1.85. The summed E-state index contributed by atoms with van der Waals surface area (Å²) < 4.78 is 22.9. The van der Waals surface area contributed by atoms with Crippen LogP contribution in [0.25, 0.3) is 0 Å². The van der Waals surface area contributed by atoms with Gasteiger partial charge in [0.05, 0.1) is 23.7 Å². The summed E-state index contributed by atoms with van der Waals surface area (Å²) in [6.07, 6.45) is 0. The van der Waals surface area contributed by atoms with Gasteiger partial charge in [-0.1, -0.05) is 18.2 Å². The van der Waals surface area contributed by atoms with Gasteiger partial charge < -0.3 is 15.2 Å².